The number of hydrogen-bond donors (Lipinski definition) is 1. The Hall–Kier alpha value is -1.27. The van der Waals surface area contributed by atoms with Gasteiger partial charge in [-0.2, -0.15) is 13.2 Å². The number of benzene rings is 1. The number of nitrogens with zero attached hydrogens (tertiary/aromatic N) is 1. The number of rotatable bonds is 5. The first-order chi connectivity index (χ1) is 10.3. The van der Waals surface area contributed by atoms with E-state index in [1.807, 2.05) is 0 Å². The van der Waals surface area contributed by atoms with Crippen LogP contribution < -0.4 is 5.32 Å². The zero-order chi connectivity index (χ0) is 16.2. The third-order valence-corrected chi connectivity index (χ3v) is 3.92. The monoisotopic (exact) mass is 334 g/mol. The zero-order valence-electron chi connectivity index (χ0n) is 12.0. The van der Waals surface area contributed by atoms with Crippen LogP contribution in [0.2, 0.25) is 5.02 Å². The summed E-state index contributed by atoms with van der Waals surface area (Å²) in [7, 11) is 0. The second-order valence-corrected chi connectivity index (χ2v) is 5.83. The summed E-state index contributed by atoms with van der Waals surface area (Å²) in [5.74, 6) is -0.154. The molecule has 1 fully saturated rings. The van der Waals surface area contributed by atoms with Crippen LogP contribution in [-0.2, 0) is 4.79 Å². The summed E-state index contributed by atoms with van der Waals surface area (Å²) in [6.07, 6.45) is -3.43. The topological polar surface area (TPSA) is 32.3 Å². The first-order valence-electron chi connectivity index (χ1n) is 7.18. The summed E-state index contributed by atoms with van der Waals surface area (Å²) in [4.78, 5) is 13.6. The van der Waals surface area contributed by atoms with Crippen LogP contribution in [0.5, 0.6) is 0 Å². The fourth-order valence-corrected chi connectivity index (χ4v) is 2.65. The molecule has 0 spiro atoms. The van der Waals surface area contributed by atoms with E-state index in [1.54, 1.807) is 29.2 Å². The van der Waals surface area contributed by atoms with Gasteiger partial charge in [0.25, 0.3) is 0 Å². The summed E-state index contributed by atoms with van der Waals surface area (Å²) in [6, 6.07) is 5.23. The highest BCUT2D eigenvalue weighted by Gasteiger charge is 2.33. The molecule has 0 aromatic heterocycles. The molecule has 0 aliphatic carbocycles. The van der Waals surface area contributed by atoms with Crippen LogP contribution in [0, 0.1) is 0 Å². The molecule has 1 saturated heterocycles. The molecule has 1 aromatic carbocycles. The number of alkyl halides is 3. The molecular formula is C15H18ClF3N2O. The van der Waals surface area contributed by atoms with E-state index in [-0.39, 0.29) is 12.5 Å². The molecule has 22 heavy (non-hydrogen) atoms. The molecule has 1 atom stereocenters. The van der Waals surface area contributed by atoms with Crippen LogP contribution >= 0.6 is 11.6 Å². The van der Waals surface area contributed by atoms with E-state index in [0.29, 0.717) is 23.7 Å². The van der Waals surface area contributed by atoms with E-state index >= 15 is 0 Å². The Bertz CT molecular complexity index is 499. The molecule has 1 heterocycles. The number of carbonyl (C=O) groups is 1. The standard InChI is InChI=1S/C15H18ClF3N2O/c16-12-5-3-11(4-6-12)13(9-15(17,18)19)20-10-14(22)21-7-1-2-8-21/h3-6,13,20H,1-2,7-10H2/t13-/m1/s1. The second kappa shape index (κ2) is 7.33. The Morgan fingerprint density at radius 2 is 1.82 bits per heavy atom. The molecule has 2 rings (SSSR count). The number of halogens is 4. The van der Waals surface area contributed by atoms with Crippen LogP contribution in [0.15, 0.2) is 24.3 Å². The first-order valence-corrected chi connectivity index (χ1v) is 7.56. The van der Waals surface area contributed by atoms with Gasteiger partial charge in [0.05, 0.1) is 13.0 Å². The minimum atomic E-state index is -4.31. The lowest BCUT2D eigenvalue weighted by atomic mass is 10.0. The normalized spacial score (nSPS) is 16.8. The summed E-state index contributed by atoms with van der Waals surface area (Å²) in [6.45, 7) is 1.28. The van der Waals surface area contributed by atoms with Gasteiger partial charge in [-0.05, 0) is 30.5 Å². The van der Waals surface area contributed by atoms with Gasteiger partial charge < -0.3 is 10.2 Å². The van der Waals surface area contributed by atoms with Gasteiger partial charge in [0.15, 0.2) is 0 Å². The molecule has 0 bridgehead atoms. The summed E-state index contributed by atoms with van der Waals surface area (Å²) >= 11 is 5.76. The van der Waals surface area contributed by atoms with Crippen molar-refractivity contribution in [3.05, 3.63) is 34.9 Å². The molecule has 1 amide bonds. The Kier molecular flexibility index (Phi) is 5.69. The molecule has 0 radical (unpaired) electrons. The fourth-order valence-electron chi connectivity index (χ4n) is 2.52. The predicted molar refractivity (Wildman–Crippen MR) is 78.7 cm³/mol. The Labute approximate surface area is 132 Å². The van der Waals surface area contributed by atoms with E-state index in [0.717, 1.165) is 12.8 Å². The van der Waals surface area contributed by atoms with Crippen LogP contribution in [0.1, 0.15) is 30.9 Å². The number of nitrogens with one attached hydrogen (secondary N) is 1. The van der Waals surface area contributed by atoms with Crippen LogP contribution in [0.3, 0.4) is 0 Å². The minimum Gasteiger partial charge on any atom is -0.342 e. The van der Waals surface area contributed by atoms with Gasteiger partial charge in [0.2, 0.25) is 5.91 Å². The minimum absolute atomic E-state index is 0.0939. The number of carbonyl (C=O) groups excluding carboxylic acids is 1. The molecule has 0 saturated carbocycles. The Morgan fingerprint density at radius 3 is 2.36 bits per heavy atom. The van der Waals surface area contributed by atoms with Crippen molar-refractivity contribution in [1.82, 2.24) is 10.2 Å². The second-order valence-electron chi connectivity index (χ2n) is 5.39. The zero-order valence-corrected chi connectivity index (χ0v) is 12.8. The van der Waals surface area contributed by atoms with E-state index in [1.165, 1.54) is 0 Å². The smallest absolute Gasteiger partial charge is 0.342 e. The average Bonchev–Trinajstić information content (AvgIpc) is 2.97. The predicted octanol–water partition coefficient (Wildman–Crippen LogP) is 3.55. The Balaban J connectivity index is 2.01. The van der Waals surface area contributed by atoms with Crippen LogP contribution in [-0.4, -0.2) is 36.6 Å². The van der Waals surface area contributed by atoms with Gasteiger partial charge in [-0.25, -0.2) is 0 Å². The SMILES string of the molecule is O=C(CN[C@H](CC(F)(F)F)c1ccc(Cl)cc1)N1CCCC1. The lowest BCUT2D eigenvalue weighted by Crippen LogP contribution is -2.38. The van der Waals surface area contributed by atoms with Gasteiger partial charge >= 0.3 is 6.18 Å². The van der Waals surface area contributed by atoms with Gasteiger partial charge in [-0.3, -0.25) is 4.79 Å². The maximum Gasteiger partial charge on any atom is 0.390 e. The third-order valence-electron chi connectivity index (χ3n) is 3.67. The van der Waals surface area contributed by atoms with Crippen molar-refractivity contribution < 1.29 is 18.0 Å². The highest BCUT2D eigenvalue weighted by atomic mass is 35.5. The largest absolute Gasteiger partial charge is 0.390 e. The van der Waals surface area contributed by atoms with Crippen LogP contribution in [0.4, 0.5) is 13.2 Å². The summed E-state index contributed by atoms with van der Waals surface area (Å²) < 4.78 is 38.2. The molecule has 3 nitrogen and oxygen atoms in total. The quantitative estimate of drug-likeness (QED) is 0.893. The van der Waals surface area contributed by atoms with E-state index in [2.05, 4.69) is 5.32 Å². The highest BCUT2D eigenvalue weighted by molar-refractivity contribution is 6.30. The molecule has 0 unspecified atom stereocenters. The molecule has 1 aromatic rings. The molecule has 7 heteroatoms. The average molecular weight is 335 g/mol. The van der Waals surface area contributed by atoms with Gasteiger partial charge in [0.1, 0.15) is 0 Å². The number of likely N-dealkylation sites (tertiary alicyclic amines) is 1. The number of hydrogen-bond acceptors (Lipinski definition) is 2. The molecule has 1 aliphatic rings. The fraction of sp³-hybridized carbons (Fsp3) is 0.533. The van der Waals surface area contributed by atoms with Gasteiger partial charge in [-0.1, -0.05) is 23.7 Å². The van der Waals surface area contributed by atoms with Crippen molar-refractivity contribution in [3.63, 3.8) is 0 Å². The van der Waals surface area contributed by atoms with Crippen molar-refractivity contribution in [3.8, 4) is 0 Å². The van der Waals surface area contributed by atoms with Gasteiger partial charge in [0, 0.05) is 24.2 Å². The highest BCUT2D eigenvalue weighted by Crippen LogP contribution is 2.30. The molecule has 1 aliphatic heterocycles. The molecule has 1 N–H and O–H groups in total. The lowest BCUT2D eigenvalue weighted by molar-refractivity contribution is -0.142. The van der Waals surface area contributed by atoms with E-state index < -0.39 is 18.6 Å². The maximum absolute atomic E-state index is 12.7. The third kappa shape index (κ3) is 5.18. The molecule has 122 valence electrons. The van der Waals surface area contributed by atoms with Crippen LogP contribution in [0.25, 0.3) is 0 Å². The lowest BCUT2D eigenvalue weighted by Gasteiger charge is -2.22. The van der Waals surface area contributed by atoms with Crippen molar-refractivity contribution in [2.45, 2.75) is 31.5 Å². The first kappa shape index (κ1) is 17.1. The van der Waals surface area contributed by atoms with Crippen molar-refractivity contribution in [2.24, 2.45) is 0 Å². The van der Waals surface area contributed by atoms with E-state index in [4.69, 9.17) is 11.6 Å². The van der Waals surface area contributed by atoms with E-state index in [9.17, 15) is 18.0 Å². The number of amides is 1. The van der Waals surface area contributed by atoms with Crippen molar-refractivity contribution >= 4 is 17.5 Å². The maximum atomic E-state index is 12.7. The van der Waals surface area contributed by atoms with Crippen molar-refractivity contribution in [2.75, 3.05) is 19.6 Å². The van der Waals surface area contributed by atoms with Gasteiger partial charge in [-0.15, -0.1) is 0 Å². The Morgan fingerprint density at radius 1 is 1.23 bits per heavy atom. The summed E-state index contributed by atoms with van der Waals surface area (Å²) in [5, 5.41) is 3.20. The van der Waals surface area contributed by atoms with Crippen molar-refractivity contribution in [1.29, 1.82) is 0 Å². The molecular weight excluding hydrogens is 317 g/mol. The summed E-state index contributed by atoms with van der Waals surface area (Å²) in [5.41, 5.74) is 0.468.